The number of benzene rings is 2. The second-order valence-electron chi connectivity index (χ2n) is 6.98. The molecular formula is C21H24ClFN4O2. The number of nitrogens with one attached hydrogen (secondary N) is 2. The Bertz CT molecular complexity index is 867. The number of anilines is 2. The van der Waals surface area contributed by atoms with Crippen molar-refractivity contribution in [2.24, 2.45) is 0 Å². The van der Waals surface area contributed by atoms with E-state index in [9.17, 15) is 14.0 Å². The molecule has 0 aliphatic carbocycles. The summed E-state index contributed by atoms with van der Waals surface area (Å²) in [5.41, 5.74) is 1.88. The number of halogens is 2. The van der Waals surface area contributed by atoms with E-state index >= 15 is 0 Å². The van der Waals surface area contributed by atoms with Crippen molar-refractivity contribution in [2.75, 3.05) is 49.5 Å². The average molecular weight is 419 g/mol. The predicted molar refractivity (Wildman–Crippen MR) is 113 cm³/mol. The number of aryl methyl sites for hydroxylation is 1. The van der Waals surface area contributed by atoms with E-state index in [4.69, 9.17) is 11.6 Å². The van der Waals surface area contributed by atoms with Gasteiger partial charge in [-0.2, -0.15) is 0 Å². The molecule has 1 heterocycles. The molecule has 1 fully saturated rings. The van der Waals surface area contributed by atoms with E-state index in [2.05, 4.69) is 20.4 Å². The maximum Gasteiger partial charge on any atom is 0.313 e. The number of carbonyl (C=O) groups excluding carboxylic acids is 2. The van der Waals surface area contributed by atoms with Crippen LogP contribution in [0.3, 0.4) is 0 Å². The Kier molecular flexibility index (Phi) is 7.06. The maximum absolute atomic E-state index is 13.5. The third-order valence-electron chi connectivity index (χ3n) is 4.91. The van der Waals surface area contributed by atoms with Crippen molar-refractivity contribution < 1.29 is 14.0 Å². The average Bonchev–Trinajstić information content (AvgIpc) is 2.72. The van der Waals surface area contributed by atoms with Crippen LogP contribution < -0.4 is 15.5 Å². The number of rotatable bonds is 5. The summed E-state index contributed by atoms with van der Waals surface area (Å²) in [6.45, 7) is 6.16. The van der Waals surface area contributed by atoms with Gasteiger partial charge in [-0.15, -0.1) is 0 Å². The molecule has 154 valence electrons. The molecule has 0 spiro atoms. The van der Waals surface area contributed by atoms with E-state index in [0.29, 0.717) is 18.7 Å². The lowest BCUT2D eigenvalue weighted by atomic mass is 10.2. The van der Waals surface area contributed by atoms with Gasteiger partial charge in [0.25, 0.3) is 0 Å². The van der Waals surface area contributed by atoms with Gasteiger partial charge in [0.2, 0.25) is 0 Å². The van der Waals surface area contributed by atoms with Crippen LogP contribution >= 0.6 is 11.6 Å². The maximum atomic E-state index is 13.5. The highest BCUT2D eigenvalue weighted by atomic mass is 35.5. The molecule has 0 radical (unpaired) electrons. The van der Waals surface area contributed by atoms with E-state index < -0.39 is 17.6 Å². The Labute approximate surface area is 174 Å². The lowest BCUT2D eigenvalue weighted by Crippen LogP contribution is -2.49. The van der Waals surface area contributed by atoms with Gasteiger partial charge in [-0.25, -0.2) is 4.39 Å². The van der Waals surface area contributed by atoms with Crippen LogP contribution in [-0.4, -0.2) is 56.0 Å². The van der Waals surface area contributed by atoms with Crippen LogP contribution in [0, 0.1) is 12.7 Å². The number of hydrogen-bond donors (Lipinski definition) is 2. The molecule has 2 N–H and O–H groups in total. The summed E-state index contributed by atoms with van der Waals surface area (Å²) in [4.78, 5) is 28.4. The molecule has 1 aliphatic heterocycles. The molecule has 0 atom stereocenters. The first-order valence-corrected chi connectivity index (χ1v) is 9.88. The second kappa shape index (κ2) is 9.71. The van der Waals surface area contributed by atoms with Crippen LogP contribution in [0.25, 0.3) is 0 Å². The van der Waals surface area contributed by atoms with Gasteiger partial charge in [-0.1, -0.05) is 17.7 Å². The van der Waals surface area contributed by atoms with Crippen molar-refractivity contribution in [1.82, 2.24) is 10.2 Å². The van der Waals surface area contributed by atoms with Crippen LogP contribution in [0.5, 0.6) is 0 Å². The third-order valence-corrected chi connectivity index (χ3v) is 5.17. The van der Waals surface area contributed by atoms with Gasteiger partial charge in [-0.05, 0) is 48.9 Å². The fourth-order valence-electron chi connectivity index (χ4n) is 3.15. The van der Waals surface area contributed by atoms with E-state index in [1.165, 1.54) is 6.07 Å². The molecule has 29 heavy (non-hydrogen) atoms. The summed E-state index contributed by atoms with van der Waals surface area (Å²) in [6, 6.07) is 12.1. The number of amides is 2. The molecule has 1 aliphatic rings. The van der Waals surface area contributed by atoms with Crippen molar-refractivity contribution in [3.05, 3.63) is 58.9 Å². The minimum Gasteiger partial charge on any atom is -0.369 e. The molecule has 6 nitrogen and oxygen atoms in total. The first-order valence-electron chi connectivity index (χ1n) is 9.50. The zero-order chi connectivity index (χ0) is 20.8. The molecule has 0 bridgehead atoms. The SMILES string of the molecule is Cc1ccc(NC(=O)C(=O)NCCN2CCN(c3ccc(Cl)cc3)CC2)cc1F. The van der Waals surface area contributed by atoms with E-state index in [0.717, 1.165) is 36.9 Å². The summed E-state index contributed by atoms with van der Waals surface area (Å²) in [5.74, 6) is -1.97. The van der Waals surface area contributed by atoms with Gasteiger partial charge in [0.05, 0.1) is 0 Å². The zero-order valence-electron chi connectivity index (χ0n) is 16.3. The summed E-state index contributed by atoms with van der Waals surface area (Å²) in [5, 5.41) is 5.74. The van der Waals surface area contributed by atoms with Gasteiger partial charge >= 0.3 is 11.8 Å². The fraction of sp³-hybridized carbons (Fsp3) is 0.333. The Balaban J connectivity index is 1.37. The smallest absolute Gasteiger partial charge is 0.313 e. The minimum atomic E-state index is -0.805. The largest absolute Gasteiger partial charge is 0.369 e. The molecule has 3 rings (SSSR count). The van der Waals surface area contributed by atoms with Crippen molar-refractivity contribution in [3.8, 4) is 0 Å². The Morgan fingerprint density at radius 3 is 2.38 bits per heavy atom. The zero-order valence-corrected chi connectivity index (χ0v) is 17.0. The third kappa shape index (κ3) is 5.92. The van der Waals surface area contributed by atoms with Crippen LogP contribution in [0.1, 0.15) is 5.56 Å². The Morgan fingerprint density at radius 1 is 1.03 bits per heavy atom. The molecule has 2 aromatic carbocycles. The van der Waals surface area contributed by atoms with Crippen molar-refractivity contribution >= 4 is 34.8 Å². The van der Waals surface area contributed by atoms with E-state index in [-0.39, 0.29) is 5.69 Å². The van der Waals surface area contributed by atoms with Gasteiger partial charge in [0.15, 0.2) is 0 Å². The van der Waals surface area contributed by atoms with Crippen molar-refractivity contribution in [1.29, 1.82) is 0 Å². The highest BCUT2D eigenvalue weighted by Gasteiger charge is 2.18. The summed E-state index contributed by atoms with van der Waals surface area (Å²) >= 11 is 5.93. The van der Waals surface area contributed by atoms with Crippen LogP contribution in [0.4, 0.5) is 15.8 Å². The van der Waals surface area contributed by atoms with E-state index in [1.807, 2.05) is 24.3 Å². The van der Waals surface area contributed by atoms with Crippen molar-refractivity contribution in [3.63, 3.8) is 0 Å². The standard InChI is InChI=1S/C21H24ClFN4O2/c1-15-2-5-17(14-19(15)23)25-21(29)20(28)24-8-9-26-10-12-27(13-11-26)18-6-3-16(22)4-7-18/h2-7,14H,8-13H2,1H3,(H,24,28)(H,25,29). The molecule has 0 aromatic heterocycles. The molecule has 0 saturated carbocycles. The predicted octanol–water partition coefficient (Wildman–Crippen LogP) is 2.66. The molecular weight excluding hydrogens is 395 g/mol. The van der Waals surface area contributed by atoms with E-state index in [1.54, 1.807) is 19.1 Å². The van der Waals surface area contributed by atoms with Gasteiger partial charge in [0.1, 0.15) is 5.82 Å². The molecule has 8 heteroatoms. The second-order valence-corrected chi connectivity index (χ2v) is 7.42. The van der Waals surface area contributed by atoms with Crippen LogP contribution in [-0.2, 0) is 9.59 Å². The Morgan fingerprint density at radius 2 is 1.72 bits per heavy atom. The number of piperazine rings is 1. The summed E-state index contributed by atoms with van der Waals surface area (Å²) in [6.07, 6.45) is 0. The number of hydrogen-bond acceptors (Lipinski definition) is 4. The summed E-state index contributed by atoms with van der Waals surface area (Å²) in [7, 11) is 0. The molecule has 1 saturated heterocycles. The Hall–Kier alpha value is -2.64. The van der Waals surface area contributed by atoms with Gasteiger partial charge in [0, 0.05) is 55.7 Å². The molecule has 0 unspecified atom stereocenters. The quantitative estimate of drug-likeness (QED) is 0.733. The normalized spacial score (nSPS) is 14.5. The molecule has 2 amide bonds. The fourth-order valence-corrected chi connectivity index (χ4v) is 3.27. The topological polar surface area (TPSA) is 64.7 Å². The first-order chi connectivity index (χ1) is 13.9. The number of carbonyl (C=O) groups is 2. The van der Waals surface area contributed by atoms with Gasteiger partial charge in [-0.3, -0.25) is 14.5 Å². The van der Waals surface area contributed by atoms with Crippen LogP contribution in [0.15, 0.2) is 42.5 Å². The summed E-state index contributed by atoms with van der Waals surface area (Å²) < 4.78 is 13.5. The first kappa shape index (κ1) is 21.1. The van der Waals surface area contributed by atoms with Crippen LogP contribution in [0.2, 0.25) is 5.02 Å². The molecule has 2 aromatic rings. The minimum absolute atomic E-state index is 0.256. The highest BCUT2D eigenvalue weighted by Crippen LogP contribution is 2.19. The van der Waals surface area contributed by atoms with Gasteiger partial charge < -0.3 is 15.5 Å². The monoisotopic (exact) mass is 418 g/mol. The number of nitrogens with zero attached hydrogens (tertiary/aromatic N) is 2. The lowest BCUT2D eigenvalue weighted by molar-refractivity contribution is -0.136. The lowest BCUT2D eigenvalue weighted by Gasteiger charge is -2.36. The van der Waals surface area contributed by atoms with Crippen molar-refractivity contribution in [2.45, 2.75) is 6.92 Å². The highest BCUT2D eigenvalue weighted by molar-refractivity contribution is 6.39.